The molecular weight excluding hydrogens is 464 g/mol. The van der Waals surface area contributed by atoms with Crippen molar-refractivity contribution in [3.63, 3.8) is 0 Å². The highest BCUT2D eigenvalue weighted by molar-refractivity contribution is 6.99. The number of ether oxygens (including phenoxy) is 2. The van der Waals surface area contributed by atoms with Crippen molar-refractivity contribution >= 4 is 25.0 Å². The highest BCUT2D eigenvalue weighted by Crippen LogP contribution is 2.37. The minimum Gasteiger partial charge on any atom is -0.393 e. The van der Waals surface area contributed by atoms with Gasteiger partial charge in [0, 0.05) is 33.5 Å². The average molecular weight is 507 g/mol. The van der Waals surface area contributed by atoms with Crippen molar-refractivity contribution in [1.29, 1.82) is 0 Å². The van der Waals surface area contributed by atoms with Crippen molar-refractivity contribution in [3.05, 3.63) is 72.8 Å². The maximum atomic E-state index is 11.7. The monoisotopic (exact) mass is 506 g/mol. The molecule has 2 atom stereocenters. The van der Waals surface area contributed by atoms with Crippen molar-refractivity contribution in [2.24, 2.45) is 5.92 Å². The van der Waals surface area contributed by atoms with Crippen molar-refractivity contribution < 1.29 is 18.7 Å². The Morgan fingerprint density at radius 1 is 1.00 bits per heavy atom. The van der Waals surface area contributed by atoms with E-state index < -0.39 is 14.4 Å². The second-order valence-electron chi connectivity index (χ2n) is 10.2. The predicted octanol–water partition coefficient (Wildman–Crippen LogP) is 5.51. The van der Waals surface area contributed by atoms with Gasteiger partial charge in [0.05, 0.1) is 0 Å². The zero-order valence-corrected chi connectivity index (χ0v) is 23.8. The summed E-state index contributed by atoms with van der Waals surface area (Å²) in [6, 6.07) is 20.9. The highest BCUT2D eigenvalue weighted by Gasteiger charge is 2.51. The van der Waals surface area contributed by atoms with Crippen LogP contribution in [0.15, 0.2) is 72.8 Å². The molecule has 0 aromatic heterocycles. The molecule has 0 aliphatic heterocycles. The fourth-order valence-corrected chi connectivity index (χ4v) is 9.24. The molecule has 0 heterocycles. The summed E-state index contributed by atoms with van der Waals surface area (Å²) < 4.78 is 17.8. The van der Waals surface area contributed by atoms with E-state index in [1.165, 1.54) is 10.4 Å². The zero-order valence-electron chi connectivity index (χ0n) is 22.8. The van der Waals surface area contributed by atoms with E-state index in [1.54, 1.807) is 14.2 Å². The SMILES string of the molecule is C=C(C)[C@@H](CCC#CC(CC=O)O[Si](c1ccccc1)(c1ccccc1)C(C)(C)C)CC(OC)OC. The second-order valence-corrected chi connectivity index (χ2v) is 14.5. The van der Waals surface area contributed by atoms with E-state index in [0.29, 0.717) is 6.42 Å². The van der Waals surface area contributed by atoms with Gasteiger partial charge in [-0.05, 0) is 34.7 Å². The van der Waals surface area contributed by atoms with Crippen LogP contribution in [0, 0.1) is 17.8 Å². The molecule has 2 rings (SSSR count). The number of methoxy groups -OCH3 is 2. The van der Waals surface area contributed by atoms with Gasteiger partial charge in [-0.25, -0.2) is 0 Å². The molecule has 0 bridgehead atoms. The van der Waals surface area contributed by atoms with Crippen LogP contribution in [0.3, 0.4) is 0 Å². The van der Waals surface area contributed by atoms with Gasteiger partial charge in [-0.1, -0.05) is 99.5 Å². The van der Waals surface area contributed by atoms with Crippen LogP contribution in [-0.4, -0.2) is 41.2 Å². The zero-order chi connectivity index (χ0) is 26.6. The normalized spacial score (nSPS) is 13.5. The third-order valence-electron chi connectivity index (χ3n) is 6.63. The maximum Gasteiger partial charge on any atom is 0.262 e. The number of aldehydes is 1. The first-order chi connectivity index (χ1) is 17.2. The highest BCUT2D eigenvalue weighted by atomic mass is 28.4. The third-order valence-corrected chi connectivity index (χ3v) is 11.7. The molecule has 4 nitrogen and oxygen atoms in total. The van der Waals surface area contributed by atoms with Crippen LogP contribution >= 0.6 is 0 Å². The molecule has 0 spiro atoms. The Morgan fingerprint density at radius 2 is 1.53 bits per heavy atom. The predicted molar refractivity (Wildman–Crippen MR) is 151 cm³/mol. The Bertz CT molecular complexity index is 958. The number of hydrogen-bond acceptors (Lipinski definition) is 4. The standard InChI is InChI=1S/C31H42O4Si/c1-25(2)26(24-30(33-6)34-7)16-14-15-17-27(22-23-32)35-36(31(3,4)5,28-18-10-8-11-19-28)29-20-12-9-13-21-29/h8-13,18-21,23,26-27,30H,1,14,16,22,24H2,2-7H3/t26-,27?/m0/s1. The number of allylic oxidation sites excluding steroid dienone is 1. The lowest BCUT2D eigenvalue weighted by atomic mass is 9.92. The molecular formula is C31H42O4Si. The summed E-state index contributed by atoms with van der Waals surface area (Å²) in [5.41, 5.74) is 1.09. The molecule has 0 aliphatic rings. The van der Waals surface area contributed by atoms with E-state index in [4.69, 9.17) is 13.9 Å². The topological polar surface area (TPSA) is 44.8 Å². The van der Waals surface area contributed by atoms with Gasteiger partial charge < -0.3 is 18.7 Å². The minimum atomic E-state index is -2.79. The lowest BCUT2D eigenvalue weighted by molar-refractivity contribution is -0.112. The molecule has 0 N–H and O–H groups in total. The van der Waals surface area contributed by atoms with Crippen molar-refractivity contribution in [2.75, 3.05) is 14.2 Å². The molecule has 36 heavy (non-hydrogen) atoms. The van der Waals surface area contributed by atoms with E-state index in [9.17, 15) is 4.79 Å². The minimum absolute atomic E-state index is 0.182. The number of hydrogen-bond donors (Lipinski definition) is 0. The van der Waals surface area contributed by atoms with Crippen LogP contribution in [0.25, 0.3) is 0 Å². The van der Waals surface area contributed by atoms with Gasteiger partial charge in [0.2, 0.25) is 0 Å². The Kier molecular flexibility index (Phi) is 11.8. The van der Waals surface area contributed by atoms with E-state index in [0.717, 1.165) is 24.7 Å². The first-order valence-corrected chi connectivity index (χ1v) is 14.5. The van der Waals surface area contributed by atoms with Gasteiger partial charge in [0.1, 0.15) is 12.4 Å². The quantitative estimate of drug-likeness (QED) is 0.118. The summed E-state index contributed by atoms with van der Waals surface area (Å²) in [5, 5.41) is 2.17. The van der Waals surface area contributed by atoms with E-state index >= 15 is 0 Å². The van der Waals surface area contributed by atoms with Crippen LogP contribution in [0.1, 0.15) is 53.4 Å². The third kappa shape index (κ3) is 7.75. The lowest BCUT2D eigenvalue weighted by Crippen LogP contribution is -2.67. The summed E-state index contributed by atoms with van der Waals surface area (Å²) in [6.07, 6.45) is 2.66. The van der Waals surface area contributed by atoms with Crippen LogP contribution in [0.5, 0.6) is 0 Å². The summed E-state index contributed by atoms with van der Waals surface area (Å²) in [4.78, 5) is 11.7. The molecule has 0 fully saturated rings. The molecule has 2 aromatic rings. The van der Waals surface area contributed by atoms with Gasteiger partial charge >= 0.3 is 0 Å². The summed E-state index contributed by atoms with van der Waals surface area (Å²) in [7, 11) is 0.507. The molecule has 1 unspecified atom stereocenters. The molecule has 0 amide bonds. The molecule has 5 heteroatoms. The van der Waals surface area contributed by atoms with Crippen LogP contribution in [0.2, 0.25) is 5.04 Å². The largest absolute Gasteiger partial charge is 0.393 e. The first-order valence-electron chi connectivity index (χ1n) is 12.6. The molecule has 0 saturated carbocycles. The Hall–Kier alpha value is -2.49. The smallest absolute Gasteiger partial charge is 0.262 e. The Morgan fingerprint density at radius 3 is 1.94 bits per heavy atom. The number of carbonyl (C=O) groups is 1. The molecule has 2 aromatic carbocycles. The Labute approximate surface area is 219 Å². The Balaban J connectivity index is 2.37. The van der Waals surface area contributed by atoms with Crippen LogP contribution in [0.4, 0.5) is 0 Å². The van der Waals surface area contributed by atoms with Gasteiger partial charge in [-0.2, -0.15) is 0 Å². The van der Waals surface area contributed by atoms with Gasteiger partial charge in [0.15, 0.2) is 6.29 Å². The summed E-state index contributed by atoms with van der Waals surface area (Å²) >= 11 is 0. The summed E-state index contributed by atoms with van der Waals surface area (Å²) in [6.45, 7) is 12.8. The maximum absolute atomic E-state index is 11.7. The molecule has 0 radical (unpaired) electrons. The van der Waals surface area contributed by atoms with E-state index in [2.05, 4.69) is 87.7 Å². The van der Waals surface area contributed by atoms with Crippen LogP contribution < -0.4 is 10.4 Å². The fourth-order valence-electron chi connectivity index (χ4n) is 4.65. The van der Waals surface area contributed by atoms with Crippen molar-refractivity contribution in [2.45, 2.75) is 70.8 Å². The second kappa shape index (κ2) is 14.3. The number of rotatable bonds is 13. The van der Waals surface area contributed by atoms with Gasteiger partial charge in [-0.3, -0.25) is 0 Å². The average Bonchev–Trinajstić information content (AvgIpc) is 2.86. The van der Waals surface area contributed by atoms with Gasteiger partial charge in [-0.15, -0.1) is 5.92 Å². The number of carbonyl (C=O) groups excluding carboxylic acids is 1. The van der Waals surface area contributed by atoms with Crippen LogP contribution in [-0.2, 0) is 18.7 Å². The van der Waals surface area contributed by atoms with Crippen molar-refractivity contribution in [1.82, 2.24) is 0 Å². The van der Waals surface area contributed by atoms with E-state index in [1.807, 2.05) is 19.1 Å². The number of benzene rings is 2. The molecule has 194 valence electrons. The molecule has 0 saturated heterocycles. The van der Waals surface area contributed by atoms with Gasteiger partial charge in [0.25, 0.3) is 8.32 Å². The first kappa shape index (κ1) is 29.7. The summed E-state index contributed by atoms with van der Waals surface area (Å²) in [5.74, 6) is 6.85. The lowest BCUT2D eigenvalue weighted by Gasteiger charge is -2.44. The van der Waals surface area contributed by atoms with Crippen molar-refractivity contribution in [3.8, 4) is 11.8 Å². The van der Waals surface area contributed by atoms with E-state index in [-0.39, 0.29) is 23.7 Å². The molecule has 0 aliphatic carbocycles. The fraction of sp³-hybridized carbons (Fsp3) is 0.452.